The van der Waals surface area contributed by atoms with Crippen LogP contribution in [0, 0.1) is 13.8 Å². The molecule has 0 saturated carbocycles. The summed E-state index contributed by atoms with van der Waals surface area (Å²) in [5.41, 5.74) is 1.64. The van der Waals surface area contributed by atoms with E-state index >= 15 is 0 Å². The van der Waals surface area contributed by atoms with Crippen LogP contribution in [0.3, 0.4) is 0 Å². The second kappa shape index (κ2) is 10.8. The van der Waals surface area contributed by atoms with Crippen LogP contribution >= 0.6 is 0 Å². The highest BCUT2D eigenvalue weighted by Crippen LogP contribution is 2.17. The Balaban J connectivity index is 1.91. The van der Waals surface area contributed by atoms with Crippen molar-refractivity contribution < 1.29 is 45.6 Å². The van der Waals surface area contributed by atoms with E-state index in [4.69, 9.17) is 8.37 Å². The molecule has 0 aliphatic heterocycles. The minimum atomic E-state index is -4.23. The van der Waals surface area contributed by atoms with Crippen molar-refractivity contribution in [2.75, 3.05) is 13.2 Å². The Kier molecular flexibility index (Phi) is 8.90. The molecule has 0 aliphatic rings. The van der Waals surface area contributed by atoms with Crippen LogP contribution in [0.15, 0.2) is 58.3 Å². The Labute approximate surface area is 186 Å². The van der Waals surface area contributed by atoms with Crippen molar-refractivity contribution in [3.8, 4) is 0 Å². The second-order valence-corrected chi connectivity index (χ2v) is 10.4. The van der Waals surface area contributed by atoms with E-state index < -0.39 is 57.9 Å². The summed E-state index contributed by atoms with van der Waals surface area (Å²) in [7, 11) is -8.47. The first kappa shape index (κ1) is 26.4. The fourth-order valence-corrected chi connectivity index (χ4v) is 4.37. The molecule has 0 saturated heterocycles. The first-order chi connectivity index (χ1) is 14.8. The molecule has 0 heterocycles. The van der Waals surface area contributed by atoms with E-state index in [2.05, 4.69) is 0 Å². The molecule has 0 aliphatic carbocycles. The third-order valence-corrected chi connectivity index (χ3v) is 7.14. The van der Waals surface area contributed by atoms with Crippen molar-refractivity contribution >= 4 is 20.2 Å². The average molecular weight is 491 g/mol. The minimum absolute atomic E-state index is 0.167. The van der Waals surface area contributed by atoms with Gasteiger partial charge in [0.15, 0.2) is 0 Å². The minimum Gasteiger partial charge on any atom is -0.388 e. The molecule has 0 radical (unpaired) electrons. The van der Waals surface area contributed by atoms with E-state index in [-0.39, 0.29) is 9.79 Å². The molecule has 0 aromatic heterocycles. The highest BCUT2D eigenvalue weighted by molar-refractivity contribution is 7.87. The van der Waals surface area contributed by atoms with Gasteiger partial charge in [0, 0.05) is 0 Å². The molecule has 0 spiro atoms. The Morgan fingerprint density at radius 3 is 1.19 bits per heavy atom. The van der Waals surface area contributed by atoms with Crippen LogP contribution in [-0.4, -0.2) is 74.9 Å². The van der Waals surface area contributed by atoms with Gasteiger partial charge in [0.05, 0.1) is 23.0 Å². The lowest BCUT2D eigenvalue weighted by Crippen LogP contribution is -2.48. The molecule has 4 N–H and O–H groups in total. The summed E-state index contributed by atoms with van der Waals surface area (Å²) in [6, 6.07) is 11.4. The molecule has 2 aromatic carbocycles. The molecule has 0 amide bonds. The molecule has 0 fully saturated rings. The summed E-state index contributed by atoms with van der Waals surface area (Å²) in [6.07, 6.45) is -7.92. The van der Waals surface area contributed by atoms with Crippen LogP contribution in [0.1, 0.15) is 11.1 Å². The summed E-state index contributed by atoms with van der Waals surface area (Å²) >= 11 is 0. The zero-order valence-corrected chi connectivity index (χ0v) is 19.0. The monoisotopic (exact) mass is 490 g/mol. The second-order valence-electron chi connectivity index (χ2n) is 7.22. The maximum absolute atomic E-state index is 12.1. The van der Waals surface area contributed by atoms with Gasteiger partial charge in [-0.1, -0.05) is 35.4 Å². The quantitative estimate of drug-likeness (QED) is 0.311. The first-order valence-electron chi connectivity index (χ1n) is 9.48. The van der Waals surface area contributed by atoms with Crippen molar-refractivity contribution in [3.05, 3.63) is 59.7 Å². The van der Waals surface area contributed by atoms with Crippen LogP contribution in [0.4, 0.5) is 0 Å². The van der Waals surface area contributed by atoms with Gasteiger partial charge in [-0.2, -0.15) is 16.8 Å². The predicted molar refractivity (Wildman–Crippen MR) is 113 cm³/mol. The Hall–Kier alpha value is -1.90. The third-order valence-electron chi connectivity index (χ3n) is 4.55. The molecule has 0 bridgehead atoms. The van der Waals surface area contributed by atoms with Gasteiger partial charge in [-0.3, -0.25) is 8.37 Å². The molecular formula is C20H26O10S2. The molecule has 10 nitrogen and oxygen atoms in total. The average Bonchev–Trinajstić information content (AvgIpc) is 2.75. The number of benzene rings is 2. The van der Waals surface area contributed by atoms with Gasteiger partial charge in [0.2, 0.25) is 0 Å². The molecule has 4 atom stereocenters. The number of rotatable bonds is 11. The molecule has 2 rings (SSSR count). The van der Waals surface area contributed by atoms with Crippen LogP contribution in [0.25, 0.3) is 0 Å². The fraction of sp³-hybridized carbons (Fsp3) is 0.400. The van der Waals surface area contributed by atoms with E-state index in [1.807, 2.05) is 0 Å². The summed E-state index contributed by atoms with van der Waals surface area (Å²) in [5, 5.41) is 39.9. The molecule has 0 unspecified atom stereocenters. The number of hydrogen-bond donors (Lipinski definition) is 4. The van der Waals surface area contributed by atoms with Gasteiger partial charge < -0.3 is 20.4 Å². The lowest BCUT2D eigenvalue weighted by atomic mass is 10.0. The number of hydrogen-bond acceptors (Lipinski definition) is 10. The van der Waals surface area contributed by atoms with Crippen LogP contribution in [0.5, 0.6) is 0 Å². The topological polar surface area (TPSA) is 168 Å². The molecule has 32 heavy (non-hydrogen) atoms. The maximum Gasteiger partial charge on any atom is 0.297 e. The van der Waals surface area contributed by atoms with Crippen molar-refractivity contribution in [1.82, 2.24) is 0 Å². The largest absolute Gasteiger partial charge is 0.388 e. The molecule has 12 heteroatoms. The predicted octanol–water partition coefficient (Wildman–Crippen LogP) is -0.142. The maximum atomic E-state index is 12.1. The Morgan fingerprint density at radius 1 is 0.625 bits per heavy atom. The van der Waals surface area contributed by atoms with Crippen molar-refractivity contribution in [1.29, 1.82) is 0 Å². The fourth-order valence-electron chi connectivity index (χ4n) is 2.52. The molecule has 178 valence electrons. The Bertz CT molecular complexity index is 991. The van der Waals surface area contributed by atoms with Gasteiger partial charge in [-0.15, -0.1) is 0 Å². The standard InChI is InChI=1S/C20H26O10S2/c1-13-3-7-15(8-4-13)31(25,26)29-11-17(21)19(23)20(24)18(22)12-30-32(27,28)16-9-5-14(2)6-10-16/h3-10,17-24H,11-12H2,1-2H3/t17-,18+,19+,20-. The van der Waals surface area contributed by atoms with Crippen molar-refractivity contribution in [3.63, 3.8) is 0 Å². The normalized spacial score (nSPS) is 16.3. The number of aliphatic hydroxyl groups is 4. The number of aliphatic hydroxyl groups excluding tert-OH is 4. The van der Waals surface area contributed by atoms with Gasteiger partial charge >= 0.3 is 0 Å². The summed E-state index contributed by atoms with van der Waals surface area (Å²) in [6.45, 7) is 1.70. The summed E-state index contributed by atoms with van der Waals surface area (Å²) in [4.78, 5) is -0.333. The van der Waals surface area contributed by atoms with Crippen LogP contribution in [-0.2, 0) is 28.6 Å². The van der Waals surface area contributed by atoms with Crippen molar-refractivity contribution in [2.24, 2.45) is 0 Å². The smallest absolute Gasteiger partial charge is 0.297 e. The molecular weight excluding hydrogens is 464 g/mol. The Morgan fingerprint density at radius 2 is 0.906 bits per heavy atom. The van der Waals surface area contributed by atoms with E-state index in [0.29, 0.717) is 0 Å². The summed E-state index contributed by atoms with van der Waals surface area (Å²) < 4.78 is 57.9. The van der Waals surface area contributed by atoms with Crippen LogP contribution in [0.2, 0.25) is 0 Å². The highest BCUT2D eigenvalue weighted by Gasteiger charge is 2.33. The van der Waals surface area contributed by atoms with E-state index in [0.717, 1.165) is 11.1 Å². The van der Waals surface area contributed by atoms with E-state index in [1.165, 1.54) is 24.3 Å². The van der Waals surface area contributed by atoms with Gasteiger partial charge in [-0.25, -0.2) is 0 Å². The van der Waals surface area contributed by atoms with Crippen molar-refractivity contribution in [2.45, 2.75) is 48.1 Å². The highest BCUT2D eigenvalue weighted by atomic mass is 32.2. The van der Waals surface area contributed by atoms with E-state index in [1.54, 1.807) is 38.1 Å². The first-order valence-corrected chi connectivity index (χ1v) is 12.3. The zero-order chi connectivity index (χ0) is 24.1. The third kappa shape index (κ3) is 7.05. The van der Waals surface area contributed by atoms with Gasteiger partial charge in [0.1, 0.15) is 24.4 Å². The lowest BCUT2D eigenvalue weighted by Gasteiger charge is -2.26. The van der Waals surface area contributed by atoms with Gasteiger partial charge in [-0.05, 0) is 38.1 Å². The lowest BCUT2D eigenvalue weighted by molar-refractivity contribution is -0.118. The number of aryl methyl sites for hydroxylation is 2. The van der Waals surface area contributed by atoms with Crippen LogP contribution < -0.4 is 0 Å². The summed E-state index contributed by atoms with van der Waals surface area (Å²) in [5.74, 6) is 0. The zero-order valence-electron chi connectivity index (χ0n) is 17.4. The molecule has 2 aromatic rings. The van der Waals surface area contributed by atoms with E-state index in [9.17, 15) is 37.3 Å². The van der Waals surface area contributed by atoms with Gasteiger partial charge in [0.25, 0.3) is 20.2 Å². The SMILES string of the molecule is Cc1ccc(S(=O)(=O)OC[C@@H](O)[C@H](O)[C@H](O)[C@@H](O)COS(=O)(=O)c2ccc(C)cc2)cc1.